The quantitative estimate of drug-likeness (QED) is 0.690. The lowest BCUT2D eigenvalue weighted by Crippen LogP contribution is -1.99. The van der Waals surface area contributed by atoms with Crippen molar-refractivity contribution in [3.63, 3.8) is 0 Å². The molecule has 0 aliphatic heterocycles. The van der Waals surface area contributed by atoms with Crippen molar-refractivity contribution >= 4 is 33.1 Å². The molecule has 2 aromatic heterocycles. The summed E-state index contributed by atoms with van der Waals surface area (Å²) in [4.78, 5) is 5.45. The zero-order valence-corrected chi connectivity index (χ0v) is 14.2. The van der Waals surface area contributed by atoms with Gasteiger partial charge in [-0.3, -0.25) is 0 Å². The standard InChI is InChI=1S/C17H12BrN3S/c1-10-6-7-22-16(10)13-8-15(21-17(20)14(13)9-19)11-2-4-12(18)5-3-11/h2-8H,1H3,(H2,20,21). The Balaban J connectivity index is 2.23. The topological polar surface area (TPSA) is 62.7 Å². The van der Waals surface area contributed by atoms with Gasteiger partial charge in [-0.05, 0) is 42.1 Å². The summed E-state index contributed by atoms with van der Waals surface area (Å²) in [5, 5.41) is 11.4. The smallest absolute Gasteiger partial charge is 0.142 e. The number of nitrogens with zero attached hydrogens (tertiary/aromatic N) is 2. The first-order valence-electron chi connectivity index (χ1n) is 6.61. The van der Waals surface area contributed by atoms with E-state index >= 15 is 0 Å². The van der Waals surface area contributed by atoms with Crippen molar-refractivity contribution < 1.29 is 0 Å². The van der Waals surface area contributed by atoms with Crippen LogP contribution in [0.5, 0.6) is 0 Å². The molecule has 3 rings (SSSR count). The summed E-state index contributed by atoms with van der Waals surface area (Å²) in [5.74, 6) is 0.269. The monoisotopic (exact) mass is 369 g/mol. The Kier molecular flexibility index (Phi) is 3.97. The van der Waals surface area contributed by atoms with E-state index in [1.54, 1.807) is 11.3 Å². The molecule has 0 bridgehead atoms. The Morgan fingerprint density at radius 2 is 1.95 bits per heavy atom. The molecular weight excluding hydrogens is 358 g/mol. The van der Waals surface area contributed by atoms with Crippen LogP contribution < -0.4 is 5.73 Å². The molecule has 0 saturated heterocycles. The van der Waals surface area contributed by atoms with Crippen molar-refractivity contribution in [3.8, 4) is 27.8 Å². The van der Waals surface area contributed by atoms with E-state index in [9.17, 15) is 5.26 Å². The Labute approximate surface area is 141 Å². The Hall–Kier alpha value is -2.16. The molecular formula is C17H12BrN3S. The second-order valence-electron chi connectivity index (χ2n) is 4.87. The van der Waals surface area contributed by atoms with Gasteiger partial charge in [0.1, 0.15) is 17.5 Å². The molecule has 2 heterocycles. The Bertz CT molecular complexity index is 876. The van der Waals surface area contributed by atoms with Crippen LogP contribution in [0.15, 0.2) is 46.3 Å². The van der Waals surface area contributed by atoms with Crippen molar-refractivity contribution in [2.24, 2.45) is 0 Å². The fraction of sp³-hybridized carbons (Fsp3) is 0.0588. The van der Waals surface area contributed by atoms with Crippen molar-refractivity contribution in [2.75, 3.05) is 5.73 Å². The van der Waals surface area contributed by atoms with E-state index in [2.05, 4.69) is 27.0 Å². The third-order valence-electron chi connectivity index (χ3n) is 3.41. The van der Waals surface area contributed by atoms with Crippen LogP contribution in [0.3, 0.4) is 0 Å². The van der Waals surface area contributed by atoms with Crippen LogP contribution in [0.4, 0.5) is 5.82 Å². The number of pyridine rings is 1. The lowest BCUT2D eigenvalue weighted by atomic mass is 10.0. The molecule has 0 aliphatic carbocycles. The molecule has 3 aromatic rings. The van der Waals surface area contributed by atoms with Crippen LogP contribution in [0.25, 0.3) is 21.7 Å². The third-order valence-corrected chi connectivity index (χ3v) is 4.98. The number of thiophene rings is 1. The lowest BCUT2D eigenvalue weighted by Gasteiger charge is -2.10. The summed E-state index contributed by atoms with van der Waals surface area (Å²) in [6, 6.07) is 14.0. The maximum atomic E-state index is 9.42. The number of nitriles is 1. The molecule has 22 heavy (non-hydrogen) atoms. The van der Waals surface area contributed by atoms with Crippen LogP contribution >= 0.6 is 27.3 Å². The van der Waals surface area contributed by atoms with Gasteiger partial charge in [0.2, 0.25) is 0 Å². The molecule has 0 amide bonds. The number of aromatic nitrogens is 1. The molecule has 0 saturated carbocycles. The zero-order chi connectivity index (χ0) is 15.7. The first-order chi connectivity index (χ1) is 10.6. The van der Waals surface area contributed by atoms with Gasteiger partial charge in [0.05, 0.1) is 5.69 Å². The Morgan fingerprint density at radius 3 is 2.55 bits per heavy atom. The molecule has 0 spiro atoms. The maximum absolute atomic E-state index is 9.42. The summed E-state index contributed by atoms with van der Waals surface area (Å²) in [5.41, 5.74) is 10.2. The fourth-order valence-corrected chi connectivity index (χ4v) is 3.49. The summed E-state index contributed by atoms with van der Waals surface area (Å²) >= 11 is 5.03. The minimum atomic E-state index is 0.269. The van der Waals surface area contributed by atoms with Crippen LogP contribution in [-0.2, 0) is 0 Å². The fourth-order valence-electron chi connectivity index (χ4n) is 2.28. The van der Waals surface area contributed by atoms with Gasteiger partial charge in [0.15, 0.2) is 0 Å². The number of hydrogen-bond donors (Lipinski definition) is 1. The maximum Gasteiger partial charge on any atom is 0.142 e. The van der Waals surface area contributed by atoms with E-state index in [-0.39, 0.29) is 5.82 Å². The minimum absolute atomic E-state index is 0.269. The molecule has 5 heteroatoms. The highest BCUT2D eigenvalue weighted by molar-refractivity contribution is 9.10. The average molecular weight is 370 g/mol. The SMILES string of the molecule is Cc1ccsc1-c1cc(-c2ccc(Br)cc2)nc(N)c1C#N. The van der Waals surface area contributed by atoms with E-state index in [0.717, 1.165) is 31.7 Å². The van der Waals surface area contributed by atoms with Crippen LogP contribution in [0.1, 0.15) is 11.1 Å². The van der Waals surface area contributed by atoms with E-state index < -0.39 is 0 Å². The van der Waals surface area contributed by atoms with Gasteiger partial charge in [-0.1, -0.05) is 28.1 Å². The lowest BCUT2D eigenvalue weighted by molar-refractivity contribution is 1.31. The van der Waals surface area contributed by atoms with E-state index in [4.69, 9.17) is 5.73 Å². The summed E-state index contributed by atoms with van der Waals surface area (Å²) in [7, 11) is 0. The van der Waals surface area contributed by atoms with E-state index in [0.29, 0.717) is 5.56 Å². The number of rotatable bonds is 2. The van der Waals surface area contributed by atoms with Crippen LogP contribution in [-0.4, -0.2) is 4.98 Å². The second kappa shape index (κ2) is 5.91. The van der Waals surface area contributed by atoms with Crippen molar-refractivity contribution in [2.45, 2.75) is 6.92 Å². The zero-order valence-electron chi connectivity index (χ0n) is 11.8. The number of aryl methyl sites for hydroxylation is 1. The number of halogens is 1. The molecule has 0 radical (unpaired) electrons. The first kappa shape index (κ1) is 14.8. The number of hydrogen-bond acceptors (Lipinski definition) is 4. The van der Waals surface area contributed by atoms with Crippen molar-refractivity contribution in [1.82, 2.24) is 4.98 Å². The second-order valence-corrected chi connectivity index (χ2v) is 6.70. The highest BCUT2D eigenvalue weighted by Crippen LogP contribution is 2.36. The average Bonchev–Trinajstić information content (AvgIpc) is 2.93. The summed E-state index contributed by atoms with van der Waals surface area (Å²) in [6.45, 7) is 2.03. The van der Waals surface area contributed by atoms with E-state index in [1.807, 2.05) is 48.7 Å². The normalized spacial score (nSPS) is 10.4. The predicted octanol–water partition coefficient (Wildman–Crippen LogP) is 5.00. The van der Waals surface area contributed by atoms with Crippen molar-refractivity contribution in [3.05, 3.63) is 57.4 Å². The van der Waals surface area contributed by atoms with Gasteiger partial charge in [-0.25, -0.2) is 4.98 Å². The minimum Gasteiger partial charge on any atom is -0.383 e. The van der Waals surface area contributed by atoms with Gasteiger partial charge in [-0.15, -0.1) is 11.3 Å². The number of benzene rings is 1. The summed E-state index contributed by atoms with van der Waals surface area (Å²) < 4.78 is 1.01. The first-order valence-corrected chi connectivity index (χ1v) is 8.28. The van der Waals surface area contributed by atoms with Crippen LogP contribution in [0.2, 0.25) is 0 Å². The van der Waals surface area contributed by atoms with Gasteiger partial charge in [0, 0.05) is 20.5 Å². The van der Waals surface area contributed by atoms with Gasteiger partial charge in [0.25, 0.3) is 0 Å². The molecule has 0 fully saturated rings. The van der Waals surface area contributed by atoms with Gasteiger partial charge < -0.3 is 5.73 Å². The molecule has 0 aliphatic rings. The third kappa shape index (κ3) is 2.63. The molecule has 108 valence electrons. The summed E-state index contributed by atoms with van der Waals surface area (Å²) in [6.07, 6.45) is 0. The van der Waals surface area contributed by atoms with Crippen LogP contribution in [0, 0.1) is 18.3 Å². The predicted molar refractivity (Wildman–Crippen MR) is 94.6 cm³/mol. The Morgan fingerprint density at radius 1 is 1.23 bits per heavy atom. The highest BCUT2D eigenvalue weighted by atomic mass is 79.9. The largest absolute Gasteiger partial charge is 0.383 e. The number of anilines is 1. The molecule has 0 unspecified atom stereocenters. The van der Waals surface area contributed by atoms with E-state index in [1.165, 1.54) is 0 Å². The van der Waals surface area contributed by atoms with Gasteiger partial charge >= 0.3 is 0 Å². The molecule has 3 nitrogen and oxygen atoms in total. The molecule has 2 N–H and O–H groups in total. The van der Waals surface area contributed by atoms with Gasteiger partial charge in [-0.2, -0.15) is 5.26 Å². The molecule has 1 aromatic carbocycles. The number of nitrogen functional groups attached to an aromatic ring is 1. The van der Waals surface area contributed by atoms with Crippen molar-refractivity contribution in [1.29, 1.82) is 5.26 Å². The molecule has 0 atom stereocenters. The highest BCUT2D eigenvalue weighted by Gasteiger charge is 2.15. The number of nitrogens with two attached hydrogens (primary N) is 1.